The standard InChI is InChI=1S/C12H21IO2/c1-2-9-5-3-4-6-11(9)15-12-8-14-7-10(12)13/h9-12H,2-8H2,1H3. The first-order valence-electron chi connectivity index (χ1n) is 6.18. The van der Waals surface area contributed by atoms with Crippen molar-refractivity contribution in [2.45, 2.75) is 55.2 Å². The van der Waals surface area contributed by atoms with Gasteiger partial charge in [0.25, 0.3) is 0 Å². The predicted molar refractivity (Wildman–Crippen MR) is 69.5 cm³/mol. The molecule has 1 heterocycles. The molecule has 0 aromatic rings. The summed E-state index contributed by atoms with van der Waals surface area (Å²) in [7, 11) is 0. The molecule has 88 valence electrons. The van der Waals surface area contributed by atoms with Gasteiger partial charge < -0.3 is 9.47 Å². The van der Waals surface area contributed by atoms with Crippen molar-refractivity contribution in [2.24, 2.45) is 5.92 Å². The van der Waals surface area contributed by atoms with E-state index in [0.717, 1.165) is 19.1 Å². The van der Waals surface area contributed by atoms with Gasteiger partial charge in [-0.3, -0.25) is 0 Å². The third kappa shape index (κ3) is 3.07. The minimum absolute atomic E-state index is 0.350. The van der Waals surface area contributed by atoms with Gasteiger partial charge in [-0.15, -0.1) is 0 Å². The summed E-state index contributed by atoms with van der Waals surface area (Å²) in [6, 6.07) is 0. The Balaban J connectivity index is 1.85. The zero-order valence-corrected chi connectivity index (χ0v) is 11.6. The van der Waals surface area contributed by atoms with E-state index in [4.69, 9.17) is 9.47 Å². The van der Waals surface area contributed by atoms with Gasteiger partial charge in [-0.05, 0) is 18.8 Å². The molecule has 2 aliphatic rings. The van der Waals surface area contributed by atoms with Crippen LogP contribution in [0.15, 0.2) is 0 Å². The highest BCUT2D eigenvalue weighted by Gasteiger charge is 2.32. The molecule has 0 amide bonds. The van der Waals surface area contributed by atoms with Gasteiger partial charge >= 0.3 is 0 Å². The van der Waals surface area contributed by atoms with Gasteiger partial charge in [0.2, 0.25) is 0 Å². The monoisotopic (exact) mass is 324 g/mol. The fourth-order valence-electron chi connectivity index (χ4n) is 2.68. The van der Waals surface area contributed by atoms with Crippen LogP contribution in [0, 0.1) is 5.92 Å². The summed E-state index contributed by atoms with van der Waals surface area (Å²) in [5, 5.41) is 0. The fraction of sp³-hybridized carbons (Fsp3) is 1.00. The van der Waals surface area contributed by atoms with Gasteiger partial charge in [0.1, 0.15) is 0 Å². The van der Waals surface area contributed by atoms with Gasteiger partial charge in [-0.25, -0.2) is 0 Å². The Morgan fingerprint density at radius 3 is 2.67 bits per heavy atom. The molecule has 1 saturated heterocycles. The van der Waals surface area contributed by atoms with Crippen molar-refractivity contribution in [3.8, 4) is 0 Å². The minimum atomic E-state index is 0.350. The molecule has 2 nitrogen and oxygen atoms in total. The molecule has 0 radical (unpaired) electrons. The summed E-state index contributed by atoms with van der Waals surface area (Å²) in [5.74, 6) is 0.794. The van der Waals surface area contributed by atoms with Gasteiger partial charge in [-0.1, -0.05) is 48.8 Å². The number of hydrogen-bond acceptors (Lipinski definition) is 2. The molecule has 4 atom stereocenters. The normalized spacial score (nSPS) is 42.0. The fourth-order valence-corrected chi connectivity index (χ4v) is 3.31. The van der Waals surface area contributed by atoms with Crippen LogP contribution in [0.5, 0.6) is 0 Å². The molecule has 3 heteroatoms. The summed E-state index contributed by atoms with van der Waals surface area (Å²) in [5.41, 5.74) is 0. The molecule has 4 unspecified atom stereocenters. The van der Waals surface area contributed by atoms with Crippen LogP contribution in [-0.2, 0) is 9.47 Å². The lowest BCUT2D eigenvalue weighted by molar-refractivity contribution is -0.0590. The molecule has 15 heavy (non-hydrogen) atoms. The van der Waals surface area contributed by atoms with Crippen molar-refractivity contribution in [3.63, 3.8) is 0 Å². The average molecular weight is 324 g/mol. The van der Waals surface area contributed by atoms with Crippen LogP contribution in [0.25, 0.3) is 0 Å². The first kappa shape index (κ1) is 12.1. The highest BCUT2D eigenvalue weighted by molar-refractivity contribution is 14.1. The quantitative estimate of drug-likeness (QED) is 0.586. The number of hydrogen-bond donors (Lipinski definition) is 0. The SMILES string of the molecule is CCC1CCCCC1OC1COCC1I. The Morgan fingerprint density at radius 1 is 1.20 bits per heavy atom. The molecule has 0 spiro atoms. The molecule has 1 saturated carbocycles. The van der Waals surface area contributed by atoms with Crippen LogP contribution in [0.1, 0.15) is 39.0 Å². The van der Waals surface area contributed by atoms with E-state index < -0.39 is 0 Å². The van der Waals surface area contributed by atoms with E-state index in [1.165, 1.54) is 32.1 Å². The van der Waals surface area contributed by atoms with E-state index in [0.29, 0.717) is 16.1 Å². The lowest BCUT2D eigenvalue weighted by atomic mass is 9.84. The van der Waals surface area contributed by atoms with E-state index in [2.05, 4.69) is 29.5 Å². The van der Waals surface area contributed by atoms with Crippen molar-refractivity contribution >= 4 is 22.6 Å². The summed E-state index contributed by atoms with van der Waals surface area (Å²) in [6.45, 7) is 3.97. The second-order valence-electron chi connectivity index (χ2n) is 4.72. The highest BCUT2D eigenvalue weighted by atomic mass is 127. The molecule has 0 aromatic carbocycles. The lowest BCUT2D eigenvalue weighted by Crippen LogP contribution is -2.34. The van der Waals surface area contributed by atoms with Crippen LogP contribution in [0.4, 0.5) is 0 Å². The molecule has 1 aliphatic carbocycles. The summed E-state index contributed by atoms with van der Waals surface area (Å²) < 4.78 is 12.2. The smallest absolute Gasteiger partial charge is 0.0951 e. The van der Waals surface area contributed by atoms with E-state index in [9.17, 15) is 0 Å². The van der Waals surface area contributed by atoms with Crippen molar-refractivity contribution < 1.29 is 9.47 Å². The van der Waals surface area contributed by atoms with Crippen LogP contribution < -0.4 is 0 Å². The maximum atomic E-state index is 6.24. The molecule has 0 aromatic heterocycles. The van der Waals surface area contributed by atoms with E-state index in [1.807, 2.05) is 0 Å². The maximum Gasteiger partial charge on any atom is 0.0951 e. The second kappa shape index (κ2) is 5.82. The number of alkyl halides is 1. The summed E-state index contributed by atoms with van der Waals surface area (Å²) >= 11 is 2.46. The van der Waals surface area contributed by atoms with E-state index in [-0.39, 0.29) is 0 Å². The van der Waals surface area contributed by atoms with Crippen LogP contribution in [0.2, 0.25) is 0 Å². The minimum Gasteiger partial charge on any atom is -0.378 e. The largest absolute Gasteiger partial charge is 0.378 e. The number of ether oxygens (including phenoxy) is 2. The Labute approximate surface area is 106 Å². The van der Waals surface area contributed by atoms with E-state index >= 15 is 0 Å². The van der Waals surface area contributed by atoms with Gasteiger partial charge in [-0.2, -0.15) is 0 Å². The molecule has 2 fully saturated rings. The summed E-state index contributed by atoms with van der Waals surface area (Å²) in [4.78, 5) is 0. The highest BCUT2D eigenvalue weighted by Crippen LogP contribution is 2.32. The van der Waals surface area contributed by atoms with Crippen molar-refractivity contribution in [3.05, 3.63) is 0 Å². The zero-order valence-electron chi connectivity index (χ0n) is 9.45. The third-order valence-electron chi connectivity index (χ3n) is 3.68. The molecule has 0 N–H and O–H groups in total. The topological polar surface area (TPSA) is 18.5 Å². The first-order valence-corrected chi connectivity index (χ1v) is 7.43. The lowest BCUT2D eigenvalue weighted by Gasteiger charge is -2.33. The Hall–Kier alpha value is 0.650. The number of halogens is 1. The third-order valence-corrected chi connectivity index (χ3v) is 4.84. The Morgan fingerprint density at radius 2 is 2.00 bits per heavy atom. The maximum absolute atomic E-state index is 6.24. The van der Waals surface area contributed by atoms with Crippen LogP contribution in [-0.4, -0.2) is 29.3 Å². The van der Waals surface area contributed by atoms with Crippen LogP contribution >= 0.6 is 22.6 Å². The van der Waals surface area contributed by atoms with Gasteiger partial charge in [0.15, 0.2) is 0 Å². The molecule has 1 aliphatic heterocycles. The summed E-state index contributed by atoms with van der Waals surface area (Å²) in [6.07, 6.45) is 7.49. The molecular weight excluding hydrogens is 303 g/mol. The van der Waals surface area contributed by atoms with Crippen molar-refractivity contribution in [1.82, 2.24) is 0 Å². The first-order chi connectivity index (χ1) is 7.31. The van der Waals surface area contributed by atoms with Crippen molar-refractivity contribution in [1.29, 1.82) is 0 Å². The molecular formula is C12H21IO2. The molecule has 2 rings (SSSR count). The van der Waals surface area contributed by atoms with Crippen LogP contribution in [0.3, 0.4) is 0 Å². The Bertz CT molecular complexity index is 198. The van der Waals surface area contributed by atoms with Crippen molar-refractivity contribution in [2.75, 3.05) is 13.2 Å². The Kier molecular flexibility index (Phi) is 4.70. The van der Waals surface area contributed by atoms with Gasteiger partial charge in [0, 0.05) is 0 Å². The number of rotatable bonds is 3. The predicted octanol–water partition coefficient (Wildman–Crippen LogP) is 3.17. The van der Waals surface area contributed by atoms with Gasteiger partial charge in [0.05, 0.1) is 29.3 Å². The van der Waals surface area contributed by atoms with E-state index in [1.54, 1.807) is 0 Å². The zero-order chi connectivity index (χ0) is 10.7. The second-order valence-corrected chi connectivity index (χ2v) is 6.32. The average Bonchev–Trinajstić information content (AvgIpc) is 2.65. The molecule has 0 bridgehead atoms.